The van der Waals surface area contributed by atoms with E-state index >= 15 is 0 Å². The first-order valence-corrected chi connectivity index (χ1v) is 9.00. The molecule has 1 aromatic heterocycles. The van der Waals surface area contributed by atoms with Gasteiger partial charge in [0, 0.05) is 18.3 Å². The first-order chi connectivity index (χ1) is 14.6. The van der Waals surface area contributed by atoms with E-state index in [0.717, 1.165) is 16.8 Å². The summed E-state index contributed by atoms with van der Waals surface area (Å²) >= 11 is 0. The van der Waals surface area contributed by atoms with Crippen molar-refractivity contribution in [1.29, 1.82) is 0 Å². The number of oxime groups is 1. The van der Waals surface area contributed by atoms with Crippen molar-refractivity contribution in [2.24, 2.45) is 12.2 Å². The van der Waals surface area contributed by atoms with Crippen LogP contribution in [0.25, 0.3) is 11.1 Å². The summed E-state index contributed by atoms with van der Waals surface area (Å²) < 4.78 is 55.0. The maximum absolute atomic E-state index is 14.3. The van der Waals surface area contributed by atoms with Gasteiger partial charge in [-0.1, -0.05) is 29.4 Å². The first-order valence-electron chi connectivity index (χ1n) is 9.00. The predicted molar refractivity (Wildman–Crippen MR) is 107 cm³/mol. The lowest BCUT2D eigenvalue weighted by atomic mass is 9.99. The molecule has 31 heavy (non-hydrogen) atoms. The zero-order chi connectivity index (χ0) is 22.8. The molecular formula is C21H18F4N4O2. The summed E-state index contributed by atoms with van der Waals surface area (Å²) in [6.07, 6.45) is -3.19. The second-order valence-electron chi connectivity index (χ2n) is 6.63. The van der Waals surface area contributed by atoms with Crippen LogP contribution in [0.2, 0.25) is 0 Å². The molecule has 162 valence electrons. The van der Waals surface area contributed by atoms with Gasteiger partial charge in [-0.2, -0.15) is 22.7 Å². The summed E-state index contributed by atoms with van der Waals surface area (Å²) in [4.78, 5) is 17.3. The Kier molecular flexibility index (Phi) is 6.09. The van der Waals surface area contributed by atoms with Crippen LogP contribution in [-0.4, -0.2) is 29.0 Å². The molecule has 0 bridgehead atoms. The molecule has 0 fully saturated rings. The highest BCUT2D eigenvalue weighted by molar-refractivity contribution is 6.07. The summed E-state index contributed by atoms with van der Waals surface area (Å²) in [5.41, 5.74) is 0.167. The van der Waals surface area contributed by atoms with Crippen molar-refractivity contribution in [3.8, 4) is 11.1 Å². The van der Waals surface area contributed by atoms with Gasteiger partial charge >= 0.3 is 6.18 Å². The Morgan fingerprint density at radius 1 is 1.23 bits per heavy atom. The molecular weight excluding hydrogens is 416 g/mol. The van der Waals surface area contributed by atoms with Crippen molar-refractivity contribution in [3.05, 3.63) is 70.8 Å². The van der Waals surface area contributed by atoms with Crippen LogP contribution in [0.4, 0.5) is 23.2 Å². The second-order valence-corrected chi connectivity index (χ2v) is 6.63. The smallest absolute Gasteiger partial charge is 0.399 e. The van der Waals surface area contributed by atoms with E-state index in [1.807, 2.05) is 0 Å². The number of halogens is 4. The van der Waals surface area contributed by atoms with Crippen LogP contribution < -0.4 is 5.32 Å². The number of hydrogen-bond donors (Lipinski definition) is 1. The molecule has 0 saturated carbocycles. The fourth-order valence-electron chi connectivity index (χ4n) is 3.05. The Bertz CT molecular complexity index is 1150. The number of aryl methyl sites for hydroxylation is 2. The Morgan fingerprint density at radius 2 is 1.97 bits per heavy atom. The quantitative estimate of drug-likeness (QED) is 0.357. The highest BCUT2D eigenvalue weighted by Gasteiger charge is 2.31. The number of nitrogens with one attached hydrogen (secondary N) is 1. The number of carbonyl (C=O) groups is 1. The lowest BCUT2D eigenvalue weighted by Gasteiger charge is -2.15. The summed E-state index contributed by atoms with van der Waals surface area (Å²) in [5.74, 6) is -1.79. The molecule has 6 nitrogen and oxygen atoms in total. The third kappa shape index (κ3) is 4.73. The molecule has 10 heteroatoms. The Balaban J connectivity index is 2.09. The summed E-state index contributed by atoms with van der Waals surface area (Å²) in [6, 6.07) is 9.71. The molecule has 2 aromatic carbocycles. The molecule has 3 aromatic rings. The van der Waals surface area contributed by atoms with E-state index in [1.54, 1.807) is 24.3 Å². The molecule has 1 N–H and O–H groups in total. The molecule has 0 spiro atoms. The lowest BCUT2D eigenvalue weighted by Crippen LogP contribution is -2.16. The number of hydrogen-bond acceptors (Lipinski definition) is 4. The van der Waals surface area contributed by atoms with Crippen LogP contribution in [-0.2, 0) is 18.1 Å². The van der Waals surface area contributed by atoms with Crippen LogP contribution in [0.15, 0.2) is 47.6 Å². The molecule has 0 unspecified atom stereocenters. The van der Waals surface area contributed by atoms with E-state index in [0.29, 0.717) is 16.7 Å². The van der Waals surface area contributed by atoms with E-state index in [1.165, 1.54) is 33.4 Å². The number of alkyl halides is 3. The monoisotopic (exact) mass is 434 g/mol. The van der Waals surface area contributed by atoms with E-state index in [4.69, 9.17) is 0 Å². The van der Waals surface area contributed by atoms with Crippen LogP contribution in [0, 0.1) is 12.9 Å². The zero-order valence-electron chi connectivity index (χ0n) is 16.8. The fourth-order valence-corrected chi connectivity index (χ4v) is 3.05. The van der Waals surface area contributed by atoms with Crippen molar-refractivity contribution < 1.29 is 27.2 Å². The minimum Gasteiger partial charge on any atom is -0.399 e. The Morgan fingerprint density at radius 3 is 2.58 bits per heavy atom. The fraction of sp³-hybridized carbons (Fsp3) is 0.190. The van der Waals surface area contributed by atoms with Gasteiger partial charge in [-0.25, -0.2) is 4.68 Å². The summed E-state index contributed by atoms with van der Waals surface area (Å²) in [6.45, 7) is 1.43. The number of benzene rings is 2. The standard InChI is InChI=1S/C21H18F4N4O2/c1-12-18(19(22)29(2)28-12)20(30)27-17-10-15(21(23,24)25)7-8-16(17)14-6-4-5-13(9-14)11-26-31-3/h4-11H,1-3H3,(H,27,30)/b26-11+. The zero-order valence-corrected chi connectivity index (χ0v) is 16.8. The van der Waals surface area contributed by atoms with Gasteiger partial charge in [0.2, 0.25) is 5.95 Å². The molecule has 0 saturated heterocycles. The minimum absolute atomic E-state index is 0.115. The Hall–Kier alpha value is -3.69. The molecule has 1 amide bonds. The lowest BCUT2D eigenvalue weighted by molar-refractivity contribution is -0.137. The maximum atomic E-state index is 14.3. The number of amides is 1. The largest absolute Gasteiger partial charge is 0.416 e. The van der Waals surface area contributed by atoms with Gasteiger partial charge in [0.15, 0.2) is 0 Å². The number of nitrogens with zero attached hydrogens (tertiary/aromatic N) is 3. The van der Waals surface area contributed by atoms with E-state index < -0.39 is 23.6 Å². The third-order valence-electron chi connectivity index (χ3n) is 4.48. The molecule has 0 radical (unpaired) electrons. The van der Waals surface area contributed by atoms with E-state index in [2.05, 4.69) is 20.4 Å². The van der Waals surface area contributed by atoms with Crippen molar-refractivity contribution in [2.45, 2.75) is 13.1 Å². The van der Waals surface area contributed by atoms with Gasteiger partial charge in [0.25, 0.3) is 5.91 Å². The summed E-state index contributed by atoms with van der Waals surface area (Å²) in [7, 11) is 2.70. The van der Waals surface area contributed by atoms with E-state index in [9.17, 15) is 22.4 Å². The number of rotatable bonds is 5. The normalized spacial score (nSPS) is 11.7. The van der Waals surface area contributed by atoms with Gasteiger partial charge in [0.05, 0.1) is 17.5 Å². The van der Waals surface area contributed by atoms with Crippen LogP contribution in [0.3, 0.4) is 0 Å². The van der Waals surface area contributed by atoms with Gasteiger partial charge in [-0.15, -0.1) is 0 Å². The number of aromatic nitrogens is 2. The molecule has 0 aliphatic carbocycles. The van der Waals surface area contributed by atoms with Crippen molar-refractivity contribution >= 4 is 17.8 Å². The average Bonchev–Trinajstić information content (AvgIpc) is 2.97. The highest BCUT2D eigenvalue weighted by atomic mass is 19.4. The van der Waals surface area contributed by atoms with Gasteiger partial charge in [-0.3, -0.25) is 4.79 Å². The third-order valence-corrected chi connectivity index (χ3v) is 4.48. The Labute approximate surface area is 175 Å². The number of anilines is 1. The van der Waals surface area contributed by atoms with Crippen molar-refractivity contribution in [3.63, 3.8) is 0 Å². The minimum atomic E-state index is -4.62. The SMILES string of the molecule is CO/N=C/c1cccc(-c2ccc(C(F)(F)F)cc2NC(=O)c2c(C)nn(C)c2F)c1. The molecule has 1 heterocycles. The first kappa shape index (κ1) is 22.0. The van der Waals surface area contributed by atoms with Crippen molar-refractivity contribution in [2.75, 3.05) is 12.4 Å². The molecule has 0 atom stereocenters. The van der Waals surface area contributed by atoms with Crippen LogP contribution in [0.5, 0.6) is 0 Å². The van der Waals surface area contributed by atoms with Crippen LogP contribution >= 0.6 is 0 Å². The van der Waals surface area contributed by atoms with Gasteiger partial charge < -0.3 is 10.2 Å². The maximum Gasteiger partial charge on any atom is 0.416 e. The van der Waals surface area contributed by atoms with Crippen LogP contribution in [0.1, 0.15) is 27.2 Å². The summed E-state index contributed by atoms with van der Waals surface area (Å²) in [5, 5.41) is 9.89. The molecule has 0 aliphatic rings. The predicted octanol–water partition coefficient (Wildman–Crippen LogP) is 4.79. The molecule has 0 aliphatic heterocycles. The van der Waals surface area contributed by atoms with Gasteiger partial charge in [0.1, 0.15) is 12.7 Å². The average molecular weight is 434 g/mol. The van der Waals surface area contributed by atoms with Crippen molar-refractivity contribution in [1.82, 2.24) is 9.78 Å². The number of carbonyl (C=O) groups excluding carboxylic acids is 1. The van der Waals surface area contributed by atoms with Gasteiger partial charge in [-0.05, 0) is 36.2 Å². The van der Waals surface area contributed by atoms with E-state index in [-0.39, 0.29) is 16.9 Å². The molecule has 3 rings (SSSR count). The topological polar surface area (TPSA) is 68.5 Å². The second kappa shape index (κ2) is 8.58. The highest BCUT2D eigenvalue weighted by Crippen LogP contribution is 2.36.